The van der Waals surface area contributed by atoms with E-state index in [9.17, 15) is 14.4 Å². The number of nitrogens with zero attached hydrogens (tertiary/aromatic N) is 2. The first kappa shape index (κ1) is 20.5. The molecule has 150 valence electrons. The third kappa shape index (κ3) is 4.38. The molecule has 0 aliphatic heterocycles. The Hall–Kier alpha value is -2.75. The van der Waals surface area contributed by atoms with Crippen LogP contribution in [0.2, 0.25) is 0 Å². The van der Waals surface area contributed by atoms with E-state index in [2.05, 4.69) is 26.3 Å². The van der Waals surface area contributed by atoms with Crippen LogP contribution in [0.3, 0.4) is 0 Å². The summed E-state index contributed by atoms with van der Waals surface area (Å²) in [7, 11) is 0. The second kappa shape index (κ2) is 8.95. The average Bonchev–Trinajstić information content (AvgIpc) is 3.23. The highest BCUT2D eigenvalue weighted by atomic mass is 79.9. The molecule has 0 radical (unpaired) electrons. The van der Waals surface area contributed by atoms with Crippen molar-refractivity contribution in [2.45, 2.75) is 5.16 Å². The average molecular weight is 500 g/mol. The Balaban J connectivity index is 1.65. The number of Topliss-reactive ketones (excluding diaryl/α,β-unsaturated/α-hetero) is 1. The Morgan fingerprint density at radius 2 is 1.83 bits per heavy atom. The van der Waals surface area contributed by atoms with Gasteiger partial charge in [0.25, 0.3) is 11.5 Å². The predicted molar refractivity (Wildman–Crippen MR) is 123 cm³/mol. The summed E-state index contributed by atoms with van der Waals surface area (Å²) in [6.45, 7) is 0. The van der Waals surface area contributed by atoms with E-state index in [1.54, 1.807) is 60.0 Å². The molecule has 0 saturated carbocycles. The number of rotatable bonds is 6. The number of amides is 1. The lowest BCUT2D eigenvalue weighted by atomic mass is 10.2. The van der Waals surface area contributed by atoms with E-state index in [0.29, 0.717) is 21.3 Å². The number of aromatic nitrogens is 2. The van der Waals surface area contributed by atoms with Gasteiger partial charge in [-0.2, -0.15) is 4.68 Å². The number of carbonyl (C=O) groups excluding carboxylic acids is 2. The van der Waals surface area contributed by atoms with Crippen molar-refractivity contribution in [2.75, 3.05) is 11.2 Å². The zero-order valence-corrected chi connectivity index (χ0v) is 18.6. The van der Waals surface area contributed by atoms with Crippen LogP contribution in [-0.2, 0) is 0 Å². The molecule has 0 aliphatic carbocycles. The topological polar surface area (TPSA) is 81.1 Å². The molecule has 0 bridgehead atoms. The maximum Gasteiger partial charge on any atom is 0.291 e. The number of ketones is 1. The van der Waals surface area contributed by atoms with Gasteiger partial charge in [-0.15, -0.1) is 11.3 Å². The maximum absolute atomic E-state index is 13.0. The molecule has 9 heteroatoms. The summed E-state index contributed by atoms with van der Waals surface area (Å²) >= 11 is 5.69. The minimum absolute atomic E-state index is 0.0822. The van der Waals surface area contributed by atoms with Gasteiger partial charge in [-0.3, -0.25) is 19.8 Å². The van der Waals surface area contributed by atoms with E-state index in [1.807, 2.05) is 6.07 Å². The van der Waals surface area contributed by atoms with Gasteiger partial charge in [0.1, 0.15) is 4.70 Å². The third-order valence-corrected chi connectivity index (χ3v) is 6.50. The standard InChI is InChI=1S/C21H14BrN3O3S2/c22-15-8-4-7-14(11-15)19(27)24-25-20(28)18-16(9-10-29-18)23-21(25)30-12-17(26)13-5-2-1-3-6-13/h1-11H,12H2,(H,24,27). The lowest BCUT2D eigenvalue weighted by Gasteiger charge is -2.13. The molecule has 30 heavy (non-hydrogen) atoms. The van der Waals surface area contributed by atoms with Crippen molar-refractivity contribution in [2.24, 2.45) is 0 Å². The van der Waals surface area contributed by atoms with E-state index in [0.717, 1.165) is 20.9 Å². The monoisotopic (exact) mass is 499 g/mol. The molecule has 2 aromatic carbocycles. The normalized spacial score (nSPS) is 10.8. The molecule has 0 atom stereocenters. The van der Waals surface area contributed by atoms with Crippen LogP contribution in [0.4, 0.5) is 0 Å². The van der Waals surface area contributed by atoms with Crippen molar-refractivity contribution < 1.29 is 9.59 Å². The van der Waals surface area contributed by atoms with Crippen LogP contribution in [0.25, 0.3) is 10.2 Å². The van der Waals surface area contributed by atoms with Gasteiger partial charge in [0, 0.05) is 15.6 Å². The lowest BCUT2D eigenvalue weighted by Crippen LogP contribution is -2.35. The van der Waals surface area contributed by atoms with E-state index >= 15 is 0 Å². The van der Waals surface area contributed by atoms with Crippen LogP contribution < -0.4 is 11.0 Å². The van der Waals surface area contributed by atoms with Crippen LogP contribution >= 0.6 is 39.0 Å². The smallest absolute Gasteiger partial charge is 0.291 e. The van der Waals surface area contributed by atoms with Gasteiger partial charge in [-0.1, -0.05) is 64.1 Å². The van der Waals surface area contributed by atoms with Crippen LogP contribution in [-0.4, -0.2) is 27.1 Å². The Labute approximate surface area is 188 Å². The van der Waals surface area contributed by atoms with Gasteiger partial charge in [-0.25, -0.2) is 4.98 Å². The number of halogens is 1. The Kier molecular flexibility index (Phi) is 6.12. The summed E-state index contributed by atoms with van der Waals surface area (Å²) in [6, 6.07) is 17.5. The zero-order valence-electron chi connectivity index (χ0n) is 15.4. The number of thioether (sulfide) groups is 1. The largest absolute Gasteiger partial charge is 0.293 e. The van der Waals surface area contributed by atoms with Crippen molar-refractivity contribution in [1.82, 2.24) is 9.66 Å². The molecule has 1 N–H and O–H groups in total. The van der Waals surface area contributed by atoms with Crippen LogP contribution in [0.5, 0.6) is 0 Å². The van der Waals surface area contributed by atoms with E-state index < -0.39 is 5.91 Å². The molecule has 0 spiro atoms. The molecule has 6 nitrogen and oxygen atoms in total. The summed E-state index contributed by atoms with van der Waals surface area (Å²) in [4.78, 5) is 42.7. The first-order valence-electron chi connectivity index (χ1n) is 8.81. The van der Waals surface area contributed by atoms with E-state index in [1.165, 1.54) is 11.3 Å². The summed E-state index contributed by atoms with van der Waals surface area (Å²) in [6.07, 6.45) is 0. The minimum atomic E-state index is -0.452. The molecular weight excluding hydrogens is 486 g/mol. The number of fused-ring (bicyclic) bond motifs is 1. The molecule has 0 aliphatic rings. The van der Waals surface area contributed by atoms with Crippen molar-refractivity contribution in [3.63, 3.8) is 0 Å². The summed E-state index contributed by atoms with van der Waals surface area (Å²) < 4.78 is 2.30. The van der Waals surface area contributed by atoms with Crippen LogP contribution in [0.1, 0.15) is 20.7 Å². The number of hydrogen-bond acceptors (Lipinski definition) is 6. The molecule has 2 heterocycles. The number of hydrogen-bond donors (Lipinski definition) is 1. The highest BCUT2D eigenvalue weighted by molar-refractivity contribution is 9.10. The van der Waals surface area contributed by atoms with Crippen molar-refractivity contribution in [3.05, 3.63) is 92.0 Å². The number of nitrogens with one attached hydrogen (secondary N) is 1. The maximum atomic E-state index is 13.0. The summed E-state index contributed by atoms with van der Waals surface area (Å²) in [5, 5.41) is 2.02. The first-order chi connectivity index (χ1) is 14.5. The van der Waals surface area contributed by atoms with Crippen molar-refractivity contribution in [1.29, 1.82) is 0 Å². The first-order valence-corrected chi connectivity index (χ1v) is 11.5. The molecule has 4 aromatic rings. The Morgan fingerprint density at radius 3 is 2.60 bits per heavy atom. The summed E-state index contributed by atoms with van der Waals surface area (Å²) in [5.74, 6) is -0.462. The minimum Gasteiger partial charge on any atom is -0.293 e. The molecule has 4 rings (SSSR count). The third-order valence-electron chi connectivity index (χ3n) is 4.18. The summed E-state index contributed by atoms with van der Waals surface area (Å²) in [5.41, 5.74) is 3.74. The van der Waals surface area contributed by atoms with Crippen LogP contribution in [0, 0.1) is 0 Å². The fraction of sp³-hybridized carbons (Fsp3) is 0.0476. The van der Waals surface area contributed by atoms with Crippen molar-refractivity contribution in [3.8, 4) is 0 Å². The Morgan fingerprint density at radius 1 is 1.07 bits per heavy atom. The number of thiophene rings is 1. The highest BCUT2D eigenvalue weighted by Crippen LogP contribution is 2.21. The van der Waals surface area contributed by atoms with Gasteiger partial charge in [0.2, 0.25) is 0 Å². The number of carbonyl (C=O) groups is 2. The highest BCUT2D eigenvalue weighted by Gasteiger charge is 2.17. The molecule has 0 unspecified atom stereocenters. The second-order valence-corrected chi connectivity index (χ2v) is 8.97. The SMILES string of the molecule is O=C(CSc1nc2ccsc2c(=O)n1NC(=O)c1cccc(Br)c1)c1ccccc1. The Bertz CT molecular complexity index is 1300. The lowest BCUT2D eigenvalue weighted by molar-refractivity contribution is 0.100. The number of benzene rings is 2. The molecule has 2 aromatic heterocycles. The van der Waals surface area contributed by atoms with E-state index in [4.69, 9.17) is 0 Å². The van der Waals surface area contributed by atoms with Gasteiger partial charge in [0.15, 0.2) is 10.9 Å². The van der Waals surface area contributed by atoms with Gasteiger partial charge < -0.3 is 0 Å². The van der Waals surface area contributed by atoms with Gasteiger partial charge >= 0.3 is 0 Å². The fourth-order valence-electron chi connectivity index (χ4n) is 2.72. The second-order valence-electron chi connectivity index (χ2n) is 6.20. The molecular formula is C21H14BrN3O3S2. The molecule has 0 fully saturated rings. The molecule has 0 saturated heterocycles. The van der Waals surface area contributed by atoms with Crippen molar-refractivity contribution >= 4 is 60.9 Å². The quantitative estimate of drug-likeness (QED) is 0.238. The van der Waals surface area contributed by atoms with Crippen LogP contribution in [0.15, 0.2) is 80.5 Å². The van der Waals surface area contributed by atoms with E-state index in [-0.39, 0.29) is 22.3 Å². The van der Waals surface area contributed by atoms with Gasteiger partial charge in [0.05, 0.1) is 11.3 Å². The zero-order chi connectivity index (χ0) is 21.1. The predicted octanol–water partition coefficient (Wildman–Crippen LogP) is 4.58. The molecule has 1 amide bonds. The fourth-order valence-corrected chi connectivity index (χ4v) is 4.73. The van der Waals surface area contributed by atoms with Gasteiger partial charge in [-0.05, 0) is 29.6 Å².